The summed E-state index contributed by atoms with van der Waals surface area (Å²) in [4.78, 5) is 24.7. The van der Waals surface area contributed by atoms with Gasteiger partial charge in [-0.3, -0.25) is 10.1 Å². The lowest BCUT2D eigenvalue weighted by molar-refractivity contribution is -0.385. The van der Waals surface area contributed by atoms with Crippen LogP contribution in [0.3, 0.4) is 0 Å². The molecule has 0 atom stereocenters. The molecule has 0 bridgehead atoms. The molecule has 0 radical (unpaired) electrons. The van der Waals surface area contributed by atoms with E-state index in [-0.39, 0.29) is 5.56 Å². The molecule has 0 unspecified atom stereocenters. The van der Waals surface area contributed by atoms with E-state index < -0.39 is 16.6 Å². The second-order valence-electron chi connectivity index (χ2n) is 4.90. The zero-order valence-electron chi connectivity index (χ0n) is 12.0. The van der Waals surface area contributed by atoms with Crippen LogP contribution >= 0.6 is 0 Å². The number of hydrogen-bond acceptors (Lipinski definition) is 6. The van der Waals surface area contributed by atoms with Crippen molar-refractivity contribution in [2.45, 2.75) is 20.3 Å². The number of nitrogens with one attached hydrogen (secondary N) is 1. The molecule has 0 saturated heterocycles. The van der Waals surface area contributed by atoms with Crippen LogP contribution in [0.5, 0.6) is 0 Å². The van der Waals surface area contributed by atoms with E-state index in [9.17, 15) is 14.9 Å². The van der Waals surface area contributed by atoms with Crippen molar-refractivity contribution in [3.05, 3.63) is 27.9 Å². The van der Waals surface area contributed by atoms with Crippen molar-refractivity contribution in [3.63, 3.8) is 0 Å². The van der Waals surface area contributed by atoms with Crippen molar-refractivity contribution in [2.24, 2.45) is 5.92 Å². The second kappa shape index (κ2) is 8.15. The molecule has 0 fully saturated rings. The van der Waals surface area contributed by atoms with Crippen molar-refractivity contribution < 1.29 is 19.6 Å². The van der Waals surface area contributed by atoms with Crippen LogP contribution in [0.25, 0.3) is 0 Å². The van der Waals surface area contributed by atoms with Gasteiger partial charge in [0.1, 0.15) is 17.6 Å². The van der Waals surface area contributed by atoms with Gasteiger partial charge in [0.05, 0.1) is 4.92 Å². The molecule has 1 heterocycles. The van der Waals surface area contributed by atoms with Crippen molar-refractivity contribution in [2.75, 3.05) is 25.1 Å². The molecule has 0 aliphatic rings. The van der Waals surface area contributed by atoms with E-state index in [1.54, 1.807) is 0 Å². The highest BCUT2D eigenvalue weighted by Crippen LogP contribution is 2.20. The first kappa shape index (κ1) is 16.8. The van der Waals surface area contributed by atoms with Crippen LogP contribution in [-0.2, 0) is 4.74 Å². The number of nitrogens with zero attached hydrogens (tertiary/aromatic N) is 2. The second-order valence-corrected chi connectivity index (χ2v) is 4.90. The third kappa shape index (κ3) is 5.74. The SMILES string of the molecule is CC(C)COCCCNc1cc(C(=O)O)c([N+](=O)[O-])cn1. The Morgan fingerprint density at radius 3 is 2.86 bits per heavy atom. The Hall–Kier alpha value is -2.22. The fourth-order valence-corrected chi connectivity index (χ4v) is 1.57. The van der Waals surface area contributed by atoms with E-state index in [1.165, 1.54) is 0 Å². The first-order chi connectivity index (χ1) is 9.91. The fourth-order valence-electron chi connectivity index (χ4n) is 1.57. The highest BCUT2D eigenvalue weighted by Gasteiger charge is 2.20. The van der Waals surface area contributed by atoms with Crippen molar-refractivity contribution in [1.29, 1.82) is 0 Å². The molecule has 0 aliphatic heterocycles. The van der Waals surface area contributed by atoms with Gasteiger partial charge in [-0.2, -0.15) is 0 Å². The van der Waals surface area contributed by atoms with Gasteiger partial charge >= 0.3 is 11.7 Å². The average molecular weight is 297 g/mol. The van der Waals surface area contributed by atoms with Crippen LogP contribution in [0.1, 0.15) is 30.6 Å². The van der Waals surface area contributed by atoms with Gasteiger partial charge in [-0.05, 0) is 12.3 Å². The predicted molar refractivity (Wildman–Crippen MR) is 76.6 cm³/mol. The number of carbonyl (C=O) groups is 1. The first-order valence-corrected chi connectivity index (χ1v) is 6.61. The first-order valence-electron chi connectivity index (χ1n) is 6.61. The molecular formula is C13H19N3O5. The summed E-state index contributed by atoms with van der Waals surface area (Å²) < 4.78 is 5.40. The molecule has 1 aromatic heterocycles. The monoisotopic (exact) mass is 297 g/mol. The van der Waals surface area contributed by atoms with Gasteiger partial charge in [0, 0.05) is 25.8 Å². The molecule has 8 heteroatoms. The summed E-state index contributed by atoms with van der Waals surface area (Å²) in [5.41, 5.74) is -0.901. The fraction of sp³-hybridized carbons (Fsp3) is 0.538. The van der Waals surface area contributed by atoms with E-state index in [4.69, 9.17) is 9.84 Å². The lowest BCUT2D eigenvalue weighted by Crippen LogP contribution is -2.10. The molecule has 0 aliphatic carbocycles. The third-order valence-electron chi connectivity index (χ3n) is 2.53. The van der Waals surface area contributed by atoms with E-state index in [2.05, 4.69) is 24.1 Å². The zero-order valence-corrected chi connectivity index (χ0v) is 12.0. The lowest BCUT2D eigenvalue weighted by atomic mass is 10.2. The maximum absolute atomic E-state index is 11.0. The standard InChI is InChI=1S/C13H19N3O5/c1-9(2)8-21-5-3-4-14-12-6-10(13(17)18)11(7-15-12)16(19)20/h6-7,9H,3-5,8H2,1-2H3,(H,14,15)(H,17,18). The van der Waals surface area contributed by atoms with Crippen LogP contribution in [-0.4, -0.2) is 40.7 Å². The average Bonchev–Trinajstić information content (AvgIpc) is 2.41. The molecule has 1 rings (SSSR count). The van der Waals surface area contributed by atoms with Crippen LogP contribution < -0.4 is 5.32 Å². The van der Waals surface area contributed by atoms with Gasteiger partial charge in [0.25, 0.3) is 0 Å². The minimum Gasteiger partial charge on any atom is -0.477 e. The van der Waals surface area contributed by atoms with Gasteiger partial charge in [-0.15, -0.1) is 0 Å². The third-order valence-corrected chi connectivity index (χ3v) is 2.53. The molecule has 1 aromatic rings. The summed E-state index contributed by atoms with van der Waals surface area (Å²) in [5.74, 6) is -0.582. The number of nitro groups is 1. The number of pyridine rings is 1. The van der Waals surface area contributed by atoms with Crippen LogP contribution in [0.2, 0.25) is 0 Å². The summed E-state index contributed by atoms with van der Waals surface area (Å²) >= 11 is 0. The highest BCUT2D eigenvalue weighted by atomic mass is 16.6. The number of carboxylic acids is 1. The molecule has 2 N–H and O–H groups in total. The largest absolute Gasteiger partial charge is 0.477 e. The lowest BCUT2D eigenvalue weighted by Gasteiger charge is -2.08. The van der Waals surface area contributed by atoms with E-state index >= 15 is 0 Å². The molecule has 8 nitrogen and oxygen atoms in total. The quantitative estimate of drug-likeness (QED) is 0.407. The summed E-state index contributed by atoms with van der Waals surface area (Å²) in [5, 5.41) is 22.6. The molecule has 0 saturated carbocycles. The summed E-state index contributed by atoms with van der Waals surface area (Å²) in [6.45, 7) is 5.95. The number of aromatic carboxylic acids is 1. The number of carboxylic acid groups (broad SMARTS) is 1. The molecule has 0 aromatic carbocycles. The topological polar surface area (TPSA) is 115 Å². The number of anilines is 1. The van der Waals surface area contributed by atoms with Gasteiger partial charge < -0.3 is 15.2 Å². The molecule has 21 heavy (non-hydrogen) atoms. The van der Waals surface area contributed by atoms with Gasteiger partial charge in [-0.25, -0.2) is 9.78 Å². The van der Waals surface area contributed by atoms with Crippen LogP contribution in [0.4, 0.5) is 11.5 Å². The summed E-state index contributed by atoms with van der Waals surface area (Å²) in [6.07, 6.45) is 1.68. The Balaban J connectivity index is 2.51. The van der Waals surface area contributed by atoms with E-state index in [0.29, 0.717) is 31.5 Å². The Bertz CT molecular complexity index is 505. The Morgan fingerprint density at radius 2 is 2.29 bits per heavy atom. The van der Waals surface area contributed by atoms with Gasteiger partial charge in [0.15, 0.2) is 0 Å². The normalized spacial score (nSPS) is 10.6. The van der Waals surface area contributed by atoms with Crippen molar-refractivity contribution in [1.82, 2.24) is 4.98 Å². The highest BCUT2D eigenvalue weighted by molar-refractivity contribution is 5.93. The minimum absolute atomic E-state index is 0.293. The van der Waals surface area contributed by atoms with E-state index in [1.807, 2.05) is 0 Å². The van der Waals surface area contributed by atoms with Gasteiger partial charge in [-0.1, -0.05) is 13.8 Å². The molecule has 116 valence electrons. The van der Waals surface area contributed by atoms with E-state index in [0.717, 1.165) is 18.7 Å². The Kier molecular flexibility index (Phi) is 6.54. The van der Waals surface area contributed by atoms with Crippen molar-refractivity contribution in [3.8, 4) is 0 Å². The summed E-state index contributed by atoms with van der Waals surface area (Å²) in [6, 6.07) is 1.16. The number of ether oxygens (including phenoxy) is 1. The van der Waals surface area contributed by atoms with Crippen LogP contribution in [0.15, 0.2) is 12.3 Å². The maximum atomic E-state index is 11.0. The maximum Gasteiger partial charge on any atom is 0.342 e. The molecule has 0 spiro atoms. The molecular weight excluding hydrogens is 278 g/mol. The number of aromatic nitrogens is 1. The van der Waals surface area contributed by atoms with Crippen LogP contribution in [0, 0.1) is 16.0 Å². The van der Waals surface area contributed by atoms with Gasteiger partial charge in [0.2, 0.25) is 0 Å². The summed E-state index contributed by atoms with van der Waals surface area (Å²) in [7, 11) is 0. The predicted octanol–water partition coefficient (Wildman–Crippen LogP) is 2.16. The Morgan fingerprint density at radius 1 is 1.57 bits per heavy atom. The Labute approximate surface area is 122 Å². The van der Waals surface area contributed by atoms with Crippen molar-refractivity contribution >= 4 is 17.5 Å². The number of hydrogen-bond donors (Lipinski definition) is 2. The molecule has 0 amide bonds. The smallest absolute Gasteiger partial charge is 0.342 e. The zero-order chi connectivity index (χ0) is 15.8. The number of rotatable bonds is 9. The minimum atomic E-state index is -1.35.